The molecule has 146 valence electrons. The van der Waals surface area contributed by atoms with E-state index in [0.717, 1.165) is 11.1 Å². The Labute approximate surface area is 169 Å². The van der Waals surface area contributed by atoms with Crippen molar-refractivity contribution in [3.05, 3.63) is 95.9 Å². The van der Waals surface area contributed by atoms with Gasteiger partial charge in [-0.05, 0) is 42.8 Å². The Bertz CT molecular complexity index is 1270. The minimum atomic E-state index is -3.83. The number of benzene rings is 3. The van der Waals surface area contributed by atoms with Gasteiger partial charge < -0.3 is 5.32 Å². The summed E-state index contributed by atoms with van der Waals surface area (Å²) in [6.07, 6.45) is 1.33. The number of sulfone groups is 1. The minimum absolute atomic E-state index is 0.0221. The summed E-state index contributed by atoms with van der Waals surface area (Å²) in [5, 5.41) is 3.63. The highest BCUT2D eigenvalue weighted by Crippen LogP contribution is 2.33. The second-order valence-electron chi connectivity index (χ2n) is 6.81. The predicted molar refractivity (Wildman–Crippen MR) is 112 cm³/mol. The molecule has 0 radical (unpaired) electrons. The van der Waals surface area contributed by atoms with Crippen LogP contribution in [0.1, 0.15) is 11.1 Å². The molecule has 0 atom stereocenters. The van der Waals surface area contributed by atoms with Gasteiger partial charge in [0, 0.05) is 18.1 Å². The molecular weight excluding hydrogens is 387 g/mol. The first-order chi connectivity index (χ1) is 13.9. The molecule has 1 aromatic heterocycles. The third kappa shape index (κ3) is 3.84. The van der Waals surface area contributed by atoms with Crippen molar-refractivity contribution in [1.82, 2.24) is 4.98 Å². The molecule has 6 heteroatoms. The van der Waals surface area contributed by atoms with E-state index in [-0.39, 0.29) is 9.79 Å². The van der Waals surface area contributed by atoms with Crippen LogP contribution in [0.25, 0.3) is 10.9 Å². The van der Waals surface area contributed by atoms with Crippen LogP contribution in [0.5, 0.6) is 0 Å². The third-order valence-electron chi connectivity index (χ3n) is 4.73. The average molecular weight is 406 g/mol. The summed E-state index contributed by atoms with van der Waals surface area (Å²) in [4.78, 5) is 4.44. The summed E-state index contributed by atoms with van der Waals surface area (Å²) in [7, 11) is -3.83. The molecule has 0 aliphatic heterocycles. The summed E-state index contributed by atoms with van der Waals surface area (Å²) in [6, 6.07) is 20.2. The molecule has 0 fully saturated rings. The normalized spacial score (nSPS) is 11.5. The van der Waals surface area contributed by atoms with Crippen LogP contribution in [0, 0.1) is 12.7 Å². The van der Waals surface area contributed by atoms with Crippen molar-refractivity contribution in [2.75, 3.05) is 5.32 Å². The Morgan fingerprint density at radius 3 is 2.41 bits per heavy atom. The molecule has 1 heterocycles. The molecule has 0 amide bonds. The number of aryl methyl sites for hydroxylation is 1. The molecule has 0 saturated heterocycles. The van der Waals surface area contributed by atoms with Crippen LogP contribution in [0.4, 0.5) is 10.1 Å². The molecule has 0 bridgehead atoms. The van der Waals surface area contributed by atoms with Crippen molar-refractivity contribution in [2.24, 2.45) is 0 Å². The van der Waals surface area contributed by atoms with Gasteiger partial charge in [-0.15, -0.1) is 0 Å². The van der Waals surface area contributed by atoms with Gasteiger partial charge in [0.2, 0.25) is 9.84 Å². The number of halogens is 1. The molecule has 4 aromatic rings. The molecular formula is C23H19FN2O2S. The first kappa shape index (κ1) is 19.1. The van der Waals surface area contributed by atoms with Crippen LogP contribution in [0.2, 0.25) is 0 Å². The molecule has 4 rings (SSSR count). The van der Waals surface area contributed by atoms with Crippen LogP contribution in [-0.4, -0.2) is 13.4 Å². The van der Waals surface area contributed by atoms with Crippen molar-refractivity contribution in [3.63, 3.8) is 0 Å². The van der Waals surface area contributed by atoms with Crippen LogP contribution < -0.4 is 5.32 Å². The van der Waals surface area contributed by atoms with Crippen molar-refractivity contribution in [3.8, 4) is 0 Å². The van der Waals surface area contributed by atoms with Crippen LogP contribution in [0.15, 0.2) is 88.8 Å². The molecule has 29 heavy (non-hydrogen) atoms. The third-order valence-corrected chi connectivity index (χ3v) is 6.51. The molecule has 4 nitrogen and oxygen atoms in total. The second kappa shape index (κ2) is 7.64. The summed E-state index contributed by atoms with van der Waals surface area (Å²) < 4.78 is 40.5. The fraction of sp³-hybridized carbons (Fsp3) is 0.0870. The molecule has 0 aliphatic rings. The fourth-order valence-corrected chi connectivity index (χ4v) is 4.57. The van der Waals surface area contributed by atoms with E-state index in [4.69, 9.17) is 0 Å². The number of hydrogen-bond donors (Lipinski definition) is 1. The van der Waals surface area contributed by atoms with E-state index >= 15 is 0 Å². The topological polar surface area (TPSA) is 59.1 Å². The van der Waals surface area contributed by atoms with Gasteiger partial charge in [0.05, 0.1) is 16.1 Å². The maximum absolute atomic E-state index is 14.0. The maximum Gasteiger partial charge on any atom is 0.210 e. The molecule has 0 saturated carbocycles. The Balaban J connectivity index is 1.85. The number of fused-ring (bicyclic) bond motifs is 1. The van der Waals surface area contributed by atoms with Gasteiger partial charge in [0.25, 0.3) is 0 Å². The molecule has 0 spiro atoms. The number of rotatable bonds is 5. The van der Waals surface area contributed by atoms with Crippen LogP contribution >= 0.6 is 0 Å². The zero-order valence-electron chi connectivity index (χ0n) is 15.8. The Morgan fingerprint density at radius 1 is 0.966 bits per heavy atom. The predicted octanol–water partition coefficient (Wildman–Crippen LogP) is 5.13. The van der Waals surface area contributed by atoms with E-state index in [9.17, 15) is 12.8 Å². The van der Waals surface area contributed by atoms with Gasteiger partial charge in [0.1, 0.15) is 10.7 Å². The lowest BCUT2D eigenvalue weighted by Crippen LogP contribution is -2.09. The van der Waals surface area contributed by atoms with Gasteiger partial charge in [-0.25, -0.2) is 12.8 Å². The minimum Gasteiger partial charge on any atom is -0.379 e. The van der Waals surface area contributed by atoms with Gasteiger partial charge in [0.15, 0.2) is 0 Å². The van der Waals surface area contributed by atoms with Gasteiger partial charge in [-0.3, -0.25) is 4.98 Å². The molecule has 0 aliphatic carbocycles. The molecule has 1 N–H and O–H groups in total. The standard InChI is InChI=1S/C23H19FN2O2S/c1-16-7-9-17(10-8-16)14-26-23-20-13-18(24)11-12-21(20)25-15-22(23)29(27,28)19-5-3-2-4-6-19/h2-13,15H,14H2,1H3,(H,25,26). The Hall–Kier alpha value is -3.25. The summed E-state index contributed by atoms with van der Waals surface area (Å²) in [5.41, 5.74) is 2.99. The number of nitrogens with one attached hydrogen (secondary N) is 1. The van der Waals surface area contributed by atoms with Crippen molar-refractivity contribution < 1.29 is 12.8 Å². The highest BCUT2D eigenvalue weighted by molar-refractivity contribution is 7.91. The highest BCUT2D eigenvalue weighted by atomic mass is 32.2. The molecule has 3 aromatic carbocycles. The van der Waals surface area contributed by atoms with E-state index < -0.39 is 15.7 Å². The van der Waals surface area contributed by atoms with Crippen LogP contribution in [0.3, 0.4) is 0 Å². The average Bonchev–Trinajstić information content (AvgIpc) is 2.73. The van der Waals surface area contributed by atoms with E-state index in [1.54, 1.807) is 24.3 Å². The molecule has 0 unspecified atom stereocenters. The lowest BCUT2D eigenvalue weighted by molar-refractivity contribution is 0.596. The van der Waals surface area contributed by atoms with E-state index in [1.165, 1.54) is 30.5 Å². The Kier molecular flexibility index (Phi) is 5.03. The van der Waals surface area contributed by atoms with E-state index in [1.807, 2.05) is 31.2 Å². The summed E-state index contributed by atoms with van der Waals surface area (Å²) in [5.74, 6) is -0.452. The monoisotopic (exact) mass is 406 g/mol. The number of nitrogens with zero attached hydrogens (tertiary/aromatic N) is 1. The zero-order valence-corrected chi connectivity index (χ0v) is 16.6. The Morgan fingerprint density at radius 2 is 1.69 bits per heavy atom. The second-order valence-corrected chi connectivity index (χ2v) is 8.73. The number of anilines is 1. The fourth-order valence-electron chi connectivity index (χ4n) is 3.16. The summed E-state index contributed by atoms with van der Waals surface area (Å²) >= 11 is 0. The lowest BCUT2D eigenvalue weighted by atomic mass is 10.1. The first-order valence-electron chi connectivity index (χ1n) is 9.13. The highest BCUT2D eigenvalue weighted by Gasteiger charge is 2.24. The van der Waals surface area contributed by atoms with Gasteiger partial charge >= 0.3 is 0 Å². The van der Waals surface area contributed by atoms with Crippen molar-refractivity contribution >= 4 is 26.4 Å². The van der Waals surface area contributed by atoms with Crippen LogP contribution in [-0.2, 0) is 16.4 Å². The van der Waals surface area contributed by atoms with Gasteiger partial charge in [-0.1, -0.05) is 48.0 Å². The van der Waals surface area contributed by atoms with Crippen molar-refractivity contribution in [1.29, 1.82) is 0 Å². The SMILES string of the molecule is Cc1ccc(CNc2c(S(=O)(=O)c3ccccc3)cnc3ccc(F)cc23)cc1. The number of pyridine rings is 1. The van der Waals surface area contributed by atoms with E-state index in [2.05, 4.69) is 10.3 Å². The largest absolute Gasteiger partial charge is 0.379 e. The maximum atomic E-state index is 14.0. The first-order valence-corrected chi connectivity index (χ1v) is 10.6. The number of hydrogen-bond acceptors (Lipinski definition) is 4. The lowest BCUT2D eigenvalue weighted by Gasteiger charge is -2.15. The van der Waals surface area contributed by atoms with Gasteiger partial charge in [-0.2, -0.15) is 0 Å². The van der Waals surface area contributed by atoms with E-state index in [0.29, 0.717) is 23.1 Å². The smallest absolute Gasteiger partial charge is 0.210 e. The zero-order chi connectivity index (χ0) is 20.4. The number of aromatic nitrogens is 1. The summed E-state index contributed by atoms with van der Waals surface area (Å²) in [6.45, 7) is 2.40. The van der Waals surface area contributed by atoms with Crippen molar-refractivity contribution in [2.45, 2.75) is 23.3 Å². The quantitative estimate of drug-likeness (QED) is 0.499.